The molecule has 5 rings (SSSR count). The number of hydrogen-bond acceptors (Lipinski definition) is 7. The minimum Gasteiger partial charge on any atom is -0.377 e. The average Bonchev–Trinajstić information content (AvgIpc) is 3.69. The van der Waals surface area contributed by atoms with Gasteiger partial charge in [0.25, 0.3) is 6.43 Å². The number of benzene rings is 1. The Balaban J connectivity index is 0.000000320. The highest BCUT2D eigenvalue weighted by Crippen LogP contribution is 2.34. The number of hydrogen-bond donors (Lipinski definition) is 3. The molecule has 2 aromatic heterocycles. The van der Waals surface area contributed by atoms with E-state index in [1.54, 1.807) is 17.8 Å². The lowest BCUT2D eigenvalue weighted by atomic mass is 10.2. The fourth-order valence-corrected chi connectivity index (χ4v) is 3.73. The van der Waals surface area contributed by atoms with Gasteiger partial charge in [0.15, 0.2) is 11.5 Å². The number of imidazole rings is 1. The quantitative estimate of drug-likeness (QED) is 0.295. The predicted molar refractivity (Wildman–Crippen MR) is 144 cm³/mol. The highest BCUT2D eigenvalue weighted by molar-refractivity contribution is 7.98. The SMILES string of the molecule is C1COCCO1.CCCC.CSc1ccccc1Nc1cc(NC(=O)C2CC2)nc2nc(C(F)F)[nH]c12. The summed E-state index contributed by atoms with van der Waals surface area (Å²) in [5.74, 6) is -0.269. The number of carbonyl (C=O) groups is 1. The Morgan fingerprint density at radius 1 is 1.08 bits per heavy atom. The number of rotatable bonds is 7. The first-order valence-corrected chi connectivity index (χ1v) is 13.7. The smallest absolute Gasteiger partial charge is 0.295 e. The number of para-hydroxylation sites is 1. The van der Waals surface area contributed by atoms with E-state index in [4.69, 9.17) is 9.47 Å². The van der Waals surface area contributed by atoms with E-state index in [0.717, 1.165) is 49.9 Å². The van der Waals surface area contributed by atoms with E-state index in [0.29, 0.717) is 11.2 Å². The third-order valence-corrected chi connectivity index (χ3v) is 6.30. The van der Waals surface area contributed by atoms with Gasteiger partial charge in [-0.15, -0.1) is 11.8 Å². The molecule has 1 amide bonds. The number of halogens is 2. The number of aromatic amines is 1. The van der Waals surface area contributed by atoms with E-state index < -0.39 is 12.2 Å². The van der Waals surface area contributed by atoms with Crippen molar-refractivity contribution >= 4 is 46.0 Å². The van der Waals surface area contributed by atoms with Crippen molar-refractivity contribution in [3.63, 3.8) is 0 Å². The van der Waals surface area contributed by atoms with Crippen LogP contribution in [0.2, 0.25) is 0 Å². The fourth-order valence-electron chi connectivity index (χ4n) is 3.18. The second kappa shape index (κ2) is 14.8. The molecule has 1 aromatic carbocycles. The van der Waals surface area contributed by atoms with Crippen LogP contribution in [0.3, 0.4) is 0 Å². The van der Waals surface area contributed by atoms with E-state index in [9.17, 15) is 13.6 Å². The summed E-state index contributed by atoms with van der Waals surface area (Å²) in [5.41, 5.74) is 1.84. The predicted octanol–water partition coefficient (Wildman–Crippen LogP) is 6.55. The molecule has 8 nitrogen and oxygen atoms in total. The van der Waals surface area contributed by atoms with Gasteiger partial charge in [-0.1, -0.05) is 38.8 Å². The lowest BCUT2D eigenvalue weighted by molar-refractivity contribution is -0.117. The van der Waals surface area contributed by atoms with Crippen LogP contribution < -0.4 is 10.6 Å². The van der Waals surface area contributed by atoms with Gasteiger partial charge < -0.3 is 25.1 Å². The molecular formula is C26H35F2N5O3S. The van der Waals surface area contributed by atoms with Crippen LogP contribution >= 0.6 is 11.8 Å². The average molecular weight is 536 g/mol. The third-order valence-electron chi connectivity index (χ3n) is 5.51. The molecule has 0 bridgehead atoms. The zero-order valence-corrected chi connectivity index (χ0v) is 22.3. The molecule has 11 heteroatoms. The maximum absolute atomic E-state index is 13.1. The van der Waals surface area contributed by atoms with Crippen molar-refractivity contribution < 1.29 is 23.0 Å². The standard InChI is InChI=1S/C18H17F2N5OS.C4H8O2.C4H10/c1-27-12-5-3-2-4-10(12)21-11-8-13(23-18(26)9-6-7-9)22-16-14(11)24-17(25-16)15(19)20;1-2-6-4-3-5-1;1-3-4-2/h2-5,8-9,15H,6-7H2,1H3,(H3,21,22,23,24,25,26);1-4H2;3-4H2,1-2H3. The number of carbonyl (C=O) groups excluding carboxylic acids is 1. The van der Waals surface area contributed by atoms with Crippen LogP contribution in [0.15, 0.2) is 35.2 Å². The maximum Gasteiger partial charge on any atom is 0.295 e. The minimum atomic E-state index is -2.74. The Morgan fingerprint density at radius 2 is 1.73 bits per heavy atom. The summed E-state index contributed by atoms with van der Waals surface area (Å²) >= 11 is 1.56. The molecule has 3 N–H and O–H groups in total. The van der Waals surface area contributed by atoms with Gasteiger partial charge in [0, 0.05) is 16.9 Å². The van der Waals surface area contributed by atoms with Crippen molar-refractivity contribution in [2.45, 2.75) is 50.9 Å². The van der Waals surface area contributed by atoms with Crippen LogP contribution in [-0.2, 0) is 14.3 Å². The molecule has 202 valence electrons. The molecule has 3 aromatic rings. The Labute approximate surface area is 220 Å². The molecule has 1 saturated carbocycles. The van der Waals surface area contributed by atoms with Gasteiger partial charge in [-0.3, -0.25) is 4.79 Å². The number of aromatic nitrogens is 3. The molecule has 1 aliphatic carbocycles. The van der Waals surface area contributed by atoms with Crippen molar-refractivity contribution in [1.29, 1.82) is 0 Å². The molecule has 37 heavy (non-hydrogen) atoms. The number of unbranched alkanes of at least 4 members (excludes halogenated alkanes) is 1. The summed E-state index contributed by atoms with van der Waals surface area (Å²) in [6.07, 6.45) is 3.57. The number of alkyl halides is 2. The Bertz CT molecular complexity index is 1120. The second-order valence-electron chi connectivity index (χ2n) is 8.49. The Kier molecular flexibility index (Phi) is 11.6. The monoisotopic (exact) mass is 535 g/mol. The molecule has 0 unspecified atom stereocenters. The first-order chi connectivity index (χ1) is 18.0. The number of fused-ring (bicyclic) bond motifs is 1. The summed E-state index contributed by atoms with van der Waals surface area (Å²) < 4.78 is 36.1. The zero-order chi connectivity index (χ0) is 26.6. The van der Waals surface area contributed by atoms with Gasteiger partial charge >= 0.3 is 0 Å². The molecular weight excluding hydrogens is 500 g/mol. The van der Waals surface area contributed by atoms with Gasteiger partial charge in [-0.25, -0.2) is 18.7 Å². The molecule has 2 aliphatic rings. The largest absolute Gasteiger partial charge is 0.377 e. The van der Waals surface area contributed by atoms with Gasteiger partial charge in [-0.2, -0.15) is 0 Å². The maximum atomic E-state index is 13.1. The number of ether oxygens (including phenoxy) is 2. The van der Waals surface area contributed by atoms with Crippen molar-refractivity contribution in [2.24, 2.45) is 5.92 Å². The van der Waals surface area contributed by atoms with Gasteiger partial charge in [0.2, 0.25) is 5.91 Å². The van der Waals surface area contributed by atoms with Crippen LogP contribution in [0.25, 0.3) is 11.2 Å². The summed E-state index contributed by atoms with van der Waals surface area (Å²) in [6.45, 7) is 7.47. The molecule has 0 atom stereocenters. The number of pyridine rings is 1. The van der Waals surface area contributed by atoms with Gasteiger partial charge in [0.05, 0.1) is 37.8 Å². The molecule has 0 radical (unpaired) electrons. The molecule has 2 fully saturated rings. The lowest BCUT2D eigenvalue weighted by Gasteiger charge is -2.12. The number of nitrogens with one attached hydrogen (secondary N) is 3. The summed E-state index contributed by atoms with van der Waals surface area (Å²) in [5, 5.41) is 6.00. The minimum absolute atomic E-state index is 0.00642. The van der Waals surface area contributed by atoms with E-state index in [1.165, 1.54) is 12.8 Å². The topological polar surface area (TPSA) is 101 Å². The molecule has 3 heterocycles. The molecule has 0 spiro atoms. The highest BCUT2D eigenvalue weighted by Gasteiger charge is 2.30. The van der Waals surface area contributed by atoms with Crippen LogP contribution in [0, 0.1) is 5.92 Å². The Morgan fingerprint density at radius 3 is 2.27 bits per heavy atom. The van der Waals surface area contributed by atoms with Crippen LogP contribution in [0.1, 0.15) is 51.8 Å². The van der Waals surface area contributed by atoms with E-state index >= 15 is 0 Å². The van der Waals surface area contributed by atoms with Crippen molar-refractivity contribution in [3.05, 3.63) is 36.2 Å². The van der Waals surface area contributed by atoms with E-state index in [2.05, 4.69) is 39.4 Å². The fraction of sp³-hybridized carbons (Fsp3) is 0.500. The second-order valence-corrected chi connectivity index (χ2v) is 9.34. The zero-order valence-electron chi connectivity index (χ0n) is 21.5. The third kappa shape index (κ3) is 8.94. The number of H-pyrrole nitrogens is 1. The van der Waals surface area contributed by atoms with Gasteiger partial charge in [0.1, 0.15) is 11.3 Å². The van der Waals surface area contributed by atoms with Crippen LogP contribution in [0.4, 0.5) is 26.0 Å². The van der Waals surface area contributed by atoms with Crippen molar-refractivity contribution in [2.75, 3.05) is 43.3 Å². The normalized spacial score (nSPS) is 14.9. The summed E-state index contributed by atoms with van der Waals surface area (Å²) in [7, 11) is 0. The highest BCUT2D eigenvalue weighted by atomic mass is 32.2. The number of nitrogens with zero attached hydrogens (tertiary/aromatic N) is 2. The lowest BCUT2D eigenvalue weighted by Crippen LogP contribution is -2.16. The Hall–Kier alpha value is -2.76. The van der Waals surface area contributed by atoms with E-state index in [-0.39, 0.29) is 23.3 Å². The van der Waals surface area contributed by atoms with Crippen molar-refractivity contribution in [3.8, 4) is 0 Å². The number of amides is 1. The first kappa shape index (κ1) is 28.8. The number of anilines is 3. The van der Waals surface area contributed by atoms with E-state index in [1.807, 2.05) is 30.5 Å². The van der Waals surface area contributed by atoms with Crippen LogP contribution in [0.5, 0.6) is 0 Å². The van der Waals surface area contributed by atoms with Gasteiger partial charge in [-0.05, 0) is 31.2 Å². The molecule has 1 saturated heterocycles. The number of thioether (sulfide) groups is 1. The summed E-state index contributed by atoms with van der Waals surface area (Å²) in [6, 6.07) is 9.29. The summed E-state index contributed by atoms with van der Waals surface area (Å²) in [4.78, 5) is 23.8. The molecule has 1 aliphatic heterocycles. The first-order valence-electron chi connectivity index (χ1n) is 12.5. The van der Waals surface area contributed by atoms with Crippen molar-refractivity contribution in [1.82, 2.24) is 15.0 Å². The van der Waals surface area contributed by atoms with Crippen LogP contribution in [-0.4, -0.2) is 53.5 Å².